The number of aromatic nitrogens is 1. The van der Waals surface area contributed by atoms with Crippen molar-refractivity contribution >= 4 is 22.8 Å². The number of hydrogen-bond donors (Lipinski definition) is 1. The minimum absolute atomic E-state index is 0.288. The number of esters is 2. The first kappa shape index (κ1) is 21.9. The van der Waals surface area contributed by atoms with Gasteiger partial charge in [-0.25, -0.2) is 4.79 Å². The van der Waals surface area contributed by atoms with Crippen molar-refractivity contribution in [3.8, 4) is 11.5 Å². The fourth-order valence-corrected chi connectivity index (χ4v) is 3.52. The maximum atomic E-state index is 12.5. The molecule has 1 aliphatic heterocycles. The highest BCUT2D eigenvalue weighted by Crippen LogP contribution is 2.32. The van der Waals surface area contributed by atoms with Crippen LogP contribution in [-0.4, -0.2) is 61.3 Å². The molecule has 2 heterocycles. The first-order valence-corrected chi connectivity index (χ1v) is 10.6. The van der Waals surface area contributed by atoms with E-state index in [-0.39, 0.29) is 12.3 Å². The molecule has 8 nitrogen and oxygen atoms in total. The number of morpholine rings is 1. The highest BCUT2D eigenvalue weighted by atomic mass is 16.5. The lowest BCUT2D eigenvalue weighted by molar-refractivity contribution is -0.131. The minimum atomic E-state index is -0.463. The van der Waals surface area contributed by atoms with Crippen LogP contribution in [0.4, 0.5) is 0 Å². The fourth-order valence-electron chi connectivity index (χ4n) is 3.52. The molecule has 1 aliphatic rings. The lowest BCUT2D eigenvalue weighted by Crippen LogP contribution is -2.38. The number of carbonyl (C=O) groups excluding carboxylic acids is 2. The smallest absolute Gasteiger partial charge is 0.354 e. The molecule has 168 valence electrons. The van der Waals surface area contributed by atoms with Gasteiger partial charge >= 0.3 is 11.9 Å². The van der Waals surface area contributed by atoms with Crippen molar-refractivity contribution < 1.29 is 28.5 Å². The van der Waals surface area contributed by atoms with Crippen molar-refractivity contribution in [2.45, 2.75) is 13.5 Å². The summed E-state index contributed by atoms with van der Waals surface area (Å²) >= 11 is 0. The summed E-state index contributed by atoms with van der Waals surface area (Å²) in [5, 5.41) is 0.604. The molecule has 0 radical (unpaired) electrons. The summed E-state index contributed by atoms with van der Waals surface area (Å²) in [6.45, 7) is 5.71. The van der Waals surface area contributed by atoms with E-state index in [1.54, 1.807) is 18.2 Å². The molecule has 0 amide bonds. The van der Waals surface area contributed by atoms with Crippen molar-refractivity contribution in [2.24, 2.45) is 0 Å². The second-order valence-corrected chi connectivity index (χ2v) is 7.52. The summed E-state index contributed by atoms with van der Waals surface area (Å²) in [6.07, 6.45) is 0. The molecular weight excluding hydrogens is 412 g/mol. The molecule has 0 bridgehead atoms. The summed E-state index contributed by atoms with van der Waals surface area (Å²) in [4.78, 5) is 29.4. The zero-order valence-electron chi connectivity index (χ0n) is 18.0. The number of H-pyrrole nitrogens is 1. The fraction of sp³-hybridized carbons (Fsp3) is 0.333. The molecule has 0 spiro atoms. The van der Waals surface area contributed by atoms with Crippen molar-refractivity contribution in [1.29, 1.82) is 0 Å². The van der Waals surface area contributed by atoms with E-state index in [4.69, 9.17) is 18.9 Å². The van der Waals surface area contributed by atoms with E-state index in [0.717, 1.165) is 18.7 Å². The molecule has 3 aromatic rings. The van der Waals surface area contributed by atoms with Crippen molar-refractivity contribution in [1.82, 2.24) is 9.88 Å². The van der Waals surface area contributed by atoms with Gasteiger partial charge in [-0.05, 0) is 11.6 Å². The van der Waals surface area contributed by atoms with Gasteiger partial charge in [0.25, 0.3) is 0 Å². The molecule has 32 heavy (non-hydrogen) atoms. The summed E-state index contributed by atoms with van der Waals surface area (Å²) in [6, 6.07) is 14.8. The van der Waals surface area contributed by atoms with Gasteiger partial charge in [-0.3, -0.25) is 9.69 Å². The molecule has 0 aliphatic carbocycles. The monoisotopic (exact) mass is 438 g/mol. The predicted octanol–water partition coefficient (Wildman–Crippen LogP) is 3.16. The molecule has 4 rings (SSSR count). The van der Waals surface area contributed by atoms with Gasteiger partial charge in [0.05, 0.1) is 18.7 Å². The van der Waals surface area contributed by atoms with E-state index in [1.807, 2.05) is 30.3 Å². The van der Waals surface area contributed by atoms with E-state index in [0.29, 0.717) is 48.8 Å². The van der Waals surface area contributed by atoms with E-state index < -0.39 is 11.9 Å². The SMILES string of the molecule is CC(=O)Oc1cc(OCc2ccccc2)cc2[nH]c(C(=O)OCCN3CCOCC3)cc12. The molecule has 8 heteroatoms. The Morgan fingerprint density at radius 2 is 1.88 bits per heavy atom. The first-order chi connectivity index (χ1) is 15.6. The van der Waals surface area contributed by atoms with Crippen molar-refractivity contribution in [3.63, 3.8) is 0 Å². The highest BCUT2D eigenvalue weighted by Gasteiger charge is 2.17. The Kier molecular flexibility index (Phi) is 7.03. The van der Waals surface area contributed by atoms with Crippen LogP contribution in [0.25, 0.3) is 10.9 Å². The molecule has 0 saturated carbocycles. The first-order valence-electron chi connectivity index (χ1n) is 10.6. The van der Waals surface area contributed by atoms with E-state index >= 15 is 0 Å². The van der Waals surface area contributed by atoms with E-state index in [1.165, 1.54) is 6.92 Å². The molecule has 2 aromatic carbocycles. The molecule has 0 unspecified atom stereocenters. The summed E-state index contributed by atoms with van der Waals surface area (Å²) in [7, 11) is 0. The highest BCUT2D eigenvalue weighted by molar-refractivity contribution is 5.98. The zero-order chi connectivity index (χ0) is 22.3. The topological polar surface area (TPSA) is 90.1 Å². The number of ether oxygens (including phenoxy) is 4. The molecule has 1 fully saturated rings. The Hall–Kier alpha value is -3.36. The Morgan fingerprint density at radius 1 is 1.09 bits per heavy atom. The van der Waals surface area contributed by atoms with Gasteiger partial charge in [-0.15, -0.1) is 0 Å². The molecule has 1 aromatic heterocycles. The number of rotatable bonds is 8. The number of fused-ring (bicyclic) bond motifs is 1. The molecule has 0 atom stereocenters. The maximum Gasteiger partial charge on any atom is 0.354 e. The Morgan fingerprint density at radius 3 is 2.62 bits per heavy atom. The standard InChI is InChI=1S/C24H26N2O6/c1-17(27)32-23-14-19(31-16-18-5-3-2-4-6-18)13-21-20(23)15-22(25-21)24(28)30-12-9-26-7-10-29-11-8-26/h2-6,13-15,25H,7-12,16H2,1H3. The van der Waals surface area contributed by atoms with Gasteiger partial charge in [0, 0.05) is 44.1 Å². The van der Waals surface area contributed by atoms with Crippen LogP contribution in [0.5, 0.6) is 11.5 Å². The molecule has 1 saturated heterocycles. The molecule has 1 N–H and O–H groups in total. The number of hydrogen-bond acceptors (Lipinski definition) is 7. The Balaban J connectivity index is 1.47. The third-order valence-corrected chi connectivity index (χ3v) is 5.14. The zero-order valence-corrected chi connectivity index (χ0v) is 18.0. The van der Waals surface area contributed by atoms with Crippen LogP contribution >= 0.6 is 0 Å². The van der Waals surface area contributed by atoms with Gasteiger partial charge in [0.2, 0.25) is 0 Å². The second-order valence-electron chi connectivity index (χ2n) is 7.52. The Labute approximate surface area is 186 Å². The quantitative estimate of drug-likeness (QED) is 0.427. The normalized spacial score (nSPS) is 14.3. The average molecular weight is 438 g/mol. The van der Waals surface area contributed by atoms with Crippen LogP contribution in [-0.2, 0) is 20.9 Å². The summed E-state index contributed by atoms with van der Waals surface area (Å²) < 4.78 is 22.0. The average Bonchev–Trinajstić information content (AvgIpc) is 3.23. The summed E-state index contributed by atoms with van der Waals surface area (Å²) in [5.41, 5.74) is 1.92. The van der Waals surface area contributed by atoms with Crippen LogP contribution in [0, 0.1) is 0 Å². The minimum Gasteiger partial charge on any atom is -0.489 e. The van der Waals surface area contributed by atoms with Gasteiger partial charge in [-0.1, -0.05) is 30.3 Å². The van der Waals surface area contributed by atoms with Gasteiger partial charge < -0.3 is 23.9 Å². The van der Waals surface area contributed by atoms with E-state index in [2.05, 4.69) is 9.88 Å². The number of nitrogens with one attached hydrogen (secondary N) is 1. The summed E-state index contributed by atoms with van der Waals surface area (Å²) in [5.74, 6) is -0.0781. The van der Waals surface area contributed by atoms with Crippen LogP contribution in [0.15, 0.2) is 48.5 Å². The van der Waals surface area contributed by atoms with Crippen LogP contribution in [0.2, 0.25) is 0 Å². The Bertz CT molecular complexity index is 1070. The third kappa shape index (κ3) is 5.66. The van der Waals surface area contributed by atoms with Gasteiger partial charge in [0.1, 0.15) is 30.4 Å². The van der Waals surface area contributed by atoms with Crippen LogP contribution in [0.3, 0.4) is 0 Å². The lowest BCUT2D eigenvalue weighted by Gasteiger charge is -2.26. The lowest BCUT2D eigenvalue weighted by atomic mass is 10.2. The van der Waals surface area contributed by atoms with Crippen LogP contribution < -0.4 is 9.47 Å². The second kappa shape index (κ2) is 10.3. The molecular formula is C24H26N2O6. The van der Waals surface area contributed by atoms with Crippen molar-refractivity contribution in [2.75, 3.05) is 39.5 Å². The van der Waals surface area contributed by atoms with Crippen molar-refractivity contribution in [3.05, 3.63) is 59.8 Å². The predicted molar refractivity (Wildman–Crippen MR) is 118 cm³/mol. The number of aromatic amines is 1. The van der Waals surface area contributed by atoms with Gasteiger partial charge in [-0.2, -0.15) is 0 Å². The number of nitrogens with zero attached hydrogens (tertiary/aromatic N) is 1. The number of carbonyl (C=O) groups is 2. The van der Waals surface area contributed by atoms with Gasteiger partial charge in [0.15, 0.2) is 0 Å². The van der Waals surface area contributed by atoms with E-state index in [9.17, 15) is 9.59 Å². The largest absolute Gasteiger partial charge is 0.489 e. The maximum absolute atomic E-state index is 12.5. The number of benzene rings is 2. The third-order valence-electron chi connectivity index (χ3n) is 5.14. The van der Waals surface area contributed by atoms with Crippen LogP contribution in [0.1, 0.15) is 23.0 Å².